The van der Waals surface area contributed by atoms with E-state index in [0.717, 1.165) is 13.6 Å². The standard InChI is InChI=1S/C7H7BrINO2S/c1-4-2-5(13(10,11)12)3-6(9)7(4)8/h2-3H,1H3,(H2,10,11,12). The Hall–Kier alpha value is 0.340. The van der Waals surface area contributed by atoms with Gasteiger partial charge < -0.3 is 0 Å². The van der Waals surface area contributed by atoms with E-state index in [1.54, 1.807) is 6.07 Å². The molecule has 0 aromatic heterocycles. The second-order valence-corrected chi connectivity index (χ2v) is 6.10. The van der Waals surface area contributed by atoms with Crippen LogP contribution in [-0.4, -0.2) is 8.42 Å². The van der Waals surface area contributed by atoms with Gasteiger partial charge in [-0.05, 0) is 63.1 Å². The molecular formula is C7H7BrINO2S. The van der Waals surface area contributed by atoms with Crippen LogP contribution >= 0.6 is 38.5 Å². The van der Waals surface area contributed by atoms with E-state index in [9.17, 15) is 8.42 Å². The van der Waals surface area contributed by atoms with Crippen LogP contribution in [0.3, 0.4) is 0 Å². The summed E-state index contributed by atoms with van der Waals surface area (Å²) in [5.74, 6) is 0. The molecule has 0 aliphatic carbocycles. The molecule has 0 saturated heterocycles. The minimum atomic E-state index is -3.59. The predicted octanol–water partition coefficient (Wildman–Crippen LogP) is 2.01. The normalized spacial score (nSPS) is 11.7. The van der Waals surface area contributed by atoms with Crippen LogP contribution in [0.2, 0.25) is 0 Å². The Morgan fingerprint density at radius 3 is 2.38 bits per heavy atom. The van der Waals surface area contributed by atoms with Crippen LogP contribution in [0, 0.1) is 10.5 Å². The summed E-state index contributed by atoms with van der Waals surface area (Å²) in [4.78, 5) is 0.151. The van der Waals surface area contributed by atoms with Gasteiger partial charge in [0.25, 0.3) is 0 Å². The molecule has 6 heteroatoms. The zero-order valence-corrected chi connectivity index (χ0v) is 11.3. The molecule has 0 amide bonds. The summed E-state index contributed by atoms with van der Waals surface area (Å²) < 4.78 is 23.8. The number of nitrogens with two attached hydrogens (primary N) is 1. The van der Waals surface area contributed by atoms with Gasteiger partial charge >= 0.3 is 0 Å². The van der Waals surface area contributed by atoms with Crippen LogP contribution in [0.5, 0.6) is 0 Å². The lowest BCUT2D eigenvalue weighted by atomic mass is 10.2. The number of sulfonamides is 1. The first-order chi connectivity index (χ1) is 5.82. The largest absolute Gasteiger partial charge is 0.238 e. The maximum atomic E-state index is 11.0. The zero-order chi connectivity index (χ0) is 10.2. The van der Waals surface area contributed by atoms with E-state index in [1.807, 2.05) is 29.5 Å². The van der Waals surface area contributed by atoms with Crippen molar-refractivity contribution in [3.63, 3.8) is 0 Å². The molecule has 1 rings (SSSR count). The van der Waals surface area contributed by atoms with E-state index < -0.39 is 10.0 Å². The van der Waals surface area contributed by atoms with Gasteiger partial charge in [0.1, 0.15) is 0 Å². The monoisotopic (exact) mass is 375 g/mol. The van der Waals surface area contributed by atoms with Gasteiger partial charge in [-0.25, -0.2) is 13.6 Å². The van der Waals surface area contributed by atoms with E-state index in [4.69, 9.17) is 5.14 Å². The molecule has 1 aromatic rings. The maximum Gasteiger partial charge on any atom is 0.238 e. The molecule has 2 N–H and O–H groups in total. The van der Waals surface area contributed by atoms with E-state index in [-0.39, 0.29) is 4.90 Å². The fraction of sp³-hybridized carbons (Fsp3) is 0.143. The SMILES string of the molecule is Cc1cc(S(N)(=O)=O)cc(I)c1Br. The van der Waals surface area contributed by atoms with Gasteiger partial charge in [0.2, 0.25) is 10.0 Å². The van der Waals surface area contributed by atoms with Crippen LogP contribution in [0.25, 0.3) is 0 Å². The Labute approximate surface area is 99.0 Å². The Balaban J connectivity index is 3.47. The Kier molecular flexibility index (Phi) is 3.37. The lowest BCUT2D eigenvalue weighted by Gasteiger charge is -2.04. The summed E-state index contributed by atoms with van der Waals surface area (Å²) >= 11 is 5.39. The second-order valence-electron chi connectivity index (χ2n) is 2.58. The fourth-order valence-corrected chi connectivity index (χ4v) is 2.68. The first-order valence-electron chi connectivity index (χ1n) is 3.31. The highest BCUT2D eigenvalue weighted by atomic mass is 127. The molecule has 0 bridgehead atoms. The van der Waals surface area contributed by atoms with Crippen molar-refractivity contribution in [1.29, 1.82) is 0 Å². The summed E-state index contributed by atoms with van der Waals surface area (Å²) in [5, 5.41) is 5.00. The van der Waals surface area contributed by atoms with Gasteiger partial charge in [0, 0.05) is 8.04 Å². The number of aryl methyl sites for hydroxylation is 1. The van der Waals surface area contributed by atoms with Crippen molar-refractivity contribution in [1.82, 2.24) is 0 Å². The van der Waals surface area contributed by atoms with Crippen LogP contribution in [0.15, 0.2) is 21.5 Å². The molecule has 3 nitrogen and oxygen atoms in total. The topological polar surface area (TPSA) is 60.2 Å². The number of halogens is 2. The van der Waals surface area contributed by atoms with E-state index in [1.165, 1.54) is 6.07 Å². The summed E-state index contributed by atoms with van der Waals surface area (Å²) in [6, 6.07) is 3.08. The van der Waals surface area contributed by atoms with Gasteiger partial charge in [-0.1, -0.05) is 0 Å². The van der Waals surface area contributed by atoms with Gasteiger partial charge in [0.05, 0.1) is 4.90 Å². The van der Waals surface area contributed by atoms with Crippen LogP contribution in [0.4, 0.5) is 0 Å². The third kappa shape index (κ3) is 2.64. The first kappa shape index (κ1) is 11.4. The number of benzene rings is 1. The van der Waals surface area contributed by atoms with Crippen LogP contribution < -0.4 is 5.14 Å². The van der Waals surface area contributed by atoms with Crippen LogP contribution in [0.1, 0.15) is 5.56 Å². The summed E-state index contributed by atoms with van der Waals surface area (Å²) in [6.45, 7) is 1.82. The Morgan fingerprint density at radius 2 is 2.00 bits per heavy atom. The summed E-state index contributed by atoms with van der Waals surface area (Å²) in [5.41, 5.74) is 0.857. The predicted molar refractivity (Wildman–Crippen MR) is 63.0 cm³/mol. The molecule has 0 fully saturated rings. The first-order valence-corrected chi connectivity index (χ1v) is 6.72. The highest BCUT2D eigenvalue weighted by Crippen LogP contribution is 2.25. The van der Waals surface area contributed by atoms with Crippen molar-refractivity contribution >= 4 is 48.5 Å². The third-order valence-corrected chi connectivity index (χ3v) is 5.05. The highest BCUT2D eigenvalue weighted by Gasteiger charge is 2.11. The molecule has 0 saturated carbocycles. The van der Waals surface area contributed by atoms with Crippen molar-refractivity contribution in [2.24, 2.45) is 5.14 Å². The Morgan fingerprint density at radius 1 is 1.46 bits per heavy atom. The van der Waals surface area contributed by atoms with Crippen molar-refractivity contribution < 1.29 is 8.42 Å². The molecule has 0 heterocycles. The third-order valence-electron chi connectivity index (χ3n) is 1.51. The molecule has 13 heavy (non-hydrogen) atoms. The molecule has 0 atom stereocenters. The molecule has 0 unspecified atom stereocenters. The van der Waals surface area contributed by atoms with E-state index in [2.05, 4.69) is 15.9 Å². The minimum Gasteiger partial charge on any atom is -0.225 e. The van der Waals surface area contributed by atoms with E-state index >= 15 is 0 Å². The molecule has 0 radical (unpaired) electrons. The zero-order valence-electron chi connectivity index (χ0n) is 6.71. The average Bonchev–Trinajstić information content (AvgIpc) is 1.97. The smallest absolute Gasteiger partial charge is 0.225 e. The lowest BCUT2D eigenvalue weighted by Crippen LogP contribution is -2.12. The fourth-order valence-electron chi connectivity index (χ4n) is 0.859. The molecule has 72 valence electrons. The van der Waals surface area contributed by atoms with Gasteiger partial charge in [0.15, 0.2) is 0 Å². The van der Waals surface area contributed by atoms with Gasteiger partial charge in [-0.2, -0.15) is 0 Å². The van der Waals surface area contributed by atoms with Crippen molar-refractivity contribution in [2.75, 3.05) is 0 Å². The van der Waals surface area contributed by atoms with E-state index in [0.29, 0.717) is 0 Å². The highest BCUT2D eigenvalue weighted by molar-refractivity contribution is 14.1. The number of primary sulfonamides is 1. The average molecular weight is 376 g/mol. The van der Waals surface area contributed by atoms with Crippen molar-refractivity contribution in [3.05, 3.63) is 25.7 Å². The number of hydrogen-bond acceptors (Lipinski definition) is 2. The summed E-state index contributed by atoms with van der Waals surface area (Å²) in [6.07, 6.45) is 0. The van der Waals surface area contributed by atoms with Crippen molar-refractivity contribution in [3.8, 4) is 0 Å². The molecule has 0 aliphatic rings. The summed E-state index contributed by atoms with van der Waals surface area (Å²) in [7, 11) is -3.59. The van der Waals surface area contributed by atoms with Gasteiger partial charge in [-0.15, -0.1) is 0 Å². The Bertz CT molecular complexity index is 421. The quantitative estimate of drug-likeness (QED) is 0.763. The maximum absolute atomic E-state index is 11.0. The number of hydrogen-bond donors (Lipinski definition) is 1. The minimum absolute atomic E-state index is 0.151. The molecular weight excluding hydrogens is 369 g/mol. The molecule has 0 aliphatic heterocycles. The molecule has 0 spiro atoms. The van der Waals surface area contributed by atoms with Gasteiger partial charge in [-0.3, -0.25) is 0 Å². The molecule has 1 aromatic carbocycles. The lowest BCUT2D eigenvalue weighted by molar-refractivity contribution is 0.597. The van der Waals surface area contributed by atoms with Crippen LogP contribution in [-0.2, 0) is 10.0 Å². The number of rotatable bonds is 1. The second kappa shape index (κ2) is 3.84. The van der Waals surface area contributed by atoms with Crippen molar-refractivity contribution in [2.45, 2.75) is 11.8 Å².